The molecule has 4 atom stereocenters. The smallest absolute Gasteiger partial charge is 0.286 e. The SMILES string of the molecule is C=CC(/C=C/c1ccc(N(C(O)CCC)C(O)CCC)cc1)=C\C=NCC(=O)NCCSSCCNC(=O)C[n+]1ccc(/C=C/c2ccc(N(C(O)CCC)C(O)CCC)cc2)cc1. The van der Waals surface area contributed by atoms with Gasteiger partial charge in [0, 0.05) is 54.3 Å². The summed E-state index contributed by atoms with van der Waals surface area (Å²) in [6, 6.07) is 19.4. The quantitative estimate of drug-likeness (QED) is 0.00941. The van der Waals surface area contributed by atoms with Crippen LogP contribution >= 0.6 is 21.6 Å². The maximum atomic E-state index is 12.5. The first-order valence-corrected chi connectivity index (χ1v) is 25.0. The van der Waals surface area contributed by atoms with E-state index in [0.717, 1.165) is 70.8 Å². The number of aliphatic imine (C=N–C) groups is 1. The number of carbonyl (C=O) groups is 2. The zero-order valence-electron chi connectivity index (χ0n) is 38.1. The summed E-state index contributed by atoms with van der Waals surface area (Å²) in [5.41, 5.74) is 5.31. The van der Waals surface area contributed by atoms with E-state index in [4.69, 9.17) is 0 Å². The fourth-order valence-electron chi connectivity index (χ4n) is 6.59. The zero-order chi connectivity index (χ0) is 46.5. The lowest BCUT2D eigenvalue weighted by Crippen LogP contribution is -2.43. The number of anilines is 2. The average Bonchev–Trinajstić information content (AvgIpc) is 3.28. The molecule has 0 aliphatic rings. The van der Waals surface area contributed by atoms with E-state index in [0.29, 0.717) is 38.8 Å². The van der Waals surface area contributed by atoms with Crippen molar-refractivity contribution in [2.45, 2.75) is 111 Å². The molecule has 1 aromatic heterocycles. The number of allylic oxidation sites excluding steroid dienone is 4. The number of aromatic nitrogens is 1. The number of rotatable bonds is 31. The summed E-state index contributed by atoms with van der Waals surface area (Å²) in [7, 11) is 3.28. The summed E-state index contributed by atoms with van der Waals surface area (Å²) >= 11 is 0. The van der Waals surface area contributed by atoms with Crippen molar-refractivity contribution in [3.05, 3.63) is 120 Å². The van der Waals surface area contributed by atoms with E-state index in [-0.39, 0.29) is 24.9 Å². The highest BCUT2D eigenvalue weighted by Gasteiger charge is 2.23. The van der Waals surface area contributed by atoms with Gasteiger partial charge in [-0.05, 0) is 78.3 Å². The number of nitrogens with zero attached hydrogens (tertiary/aromatic N) is 4. The number of hydrogen-bond acceptors (Lipinski definition) is 11. The summed E-state index contributed by atoms with van der Waals surface area (Å²) in [6.07, 6.45) is 19.3. The standard InChI is InChI=1S/C50H70N6O6S2/c1-6-11-47(59)55(48(60)12-7-2)43-23-19-40(20-24-43)16-15-39(10-5)27-30-51-37-45(57)52-31-35-63-64-36-32-53-46(58)38-54-33-28-42(29-34-54)18-17-41-21-25-44(26-22-41)56(49(61)13-8-3)50(62)14-9-4/h10,15-30,33-34,47-50,59-62H,5-9,11-14,31-32,35-38H2,1-4H3,(H-,52,53,57,58)/p+1/b16-15+,39-27+,51-30?. The molecule has 6 N–H and O–H groups in total. The molecule has 4 unspecified atom stereocenters. The van der Waals surface area contributed by atoms with E-state index in [1.54, 1.807) is 49.8 Å². The van der Waals surface area contributed by atoms with Crippen molar-refractivity contribution in [1.29, 1.82) is 0 Å². The number of hydrogen-bond donors (Lipinski definition) is 6. The van der Waals surface area contributed by atoms with Gasteiger partial charge in [-0.3, -0.25) is 14.6 Å². The number of benzene rings is 2. The number of aliphatic hydroxyl groups is 4. The van der Waals surface area contributed by atoms with Crippen LogP contribution in [0.3, 0.4) is 0 Å². The number of carbonyl (C=O) groups excluding carboxylic acids is 2. The normalized spacial score (nSPS) is 13.8. The van der Waals surface area contributed by atoms with E-state index >= 15 is 0 Å². The summed E-state index contributed by atoms with van der Waals surface area (Å²) in [5.74, 6) is 1.23. The van der Waals surface area contributed by atoms with Gasteiger partial charge in [0.15, 0.2) is 12.4 Å². The summed E-state index contributed by atoms with van der Waals surface area (Å²) in [4.78, 5) is 32.4. The molecule has 0 aliphatic heterocycles. The Morgan fingerprint density at radius 2 is 1.08 bits per heavy atom. The van der Waals surface area contributed by atoms with Crippen LogP contribution in [0.1, 0.15) is 95.8 Å². The molecule has 3 aromatic rings. The molecule has 0 saturated heterocycles. The molecule has 2 amide bonds. The Morgan fingerprint density at radius 1 is 0.656 bits per heavy atom. The highest BCUT2D eigenvalue weighted by Crippen LogP contribution is 2.25. The van der Waals surface area contributed by atoms with Gasteiger partial charge >= 0.3 is 0 Å². The fraction of sp³-hybridized carbons (Fsp3) is 0.440. The van der Waals surface area contributed by atoms with E-state index < -0.39 is 24.9 Å². The molecule has 0 aliphatic carbocycles. The average molecular weight is 916 g/mol. The topological polar surface area (TPSA) is 162 Å². The molecular weight excluding hydrogens is 845 g/mol. The number of aliphatic hydroxyl groups excluding tert-OH is 4. The van der Waals surface area contributed by atoms with Gasteiger partial charge < -0.3 is 40.9 Å². The molecule has 12 nitrogen and oxygen atoms in total. The molecule has 1 heterocycles. The van der Waals surface area contributed by atoms with Crippen LogP contribution in [-0.4, -0.2) is 94.5 Å². The van der Waals surface area contributed by atoms with E-state index in [2.05, 4.69) is 22.2 Å². The Bertz CT molecular complexity index is 1900. The maximum Gasteiger partial charge on any atom is 0.286 e. The predicted octanol–water partition coefficient (Wildman–Crippen LogP) is 7.74. The van der Waals surface area contributed by atoms with Crippen molar-refractivity contribution in [2.75, 3.05) is 40.9 Å². The molecule has 3 rings (SSSR count). The van der Waals surface area contributed by atoms with Crippen molar-refractivity contribution in [3.63, 3.8) is 0 Å². The van der Waals surface area contributed by atoms with Crippen LogP contribution < -0.4 is 25.0 Å². The lowest BCUT2D eigenvalue weighted by Gasteiger charge is -2.34. The number of amides is 2. The number of pyridine rings is 1. The molecule has 348 valence electrons. The van der Waals surface area contributed by atoms with Gasteiger partial charge in [0.2, 0.25) is 12.5 Å². The van der Waals surface area contributed by atoms with Gasteiger partial charge in [-0.2, -0.15) is 4.57 Å². The minimum Gasteiger partial charge on any atom is -0.374 e. The minimum absolute atomic E-state index is 0.0176. The van der Waals surface area contributed by atoms with Crippen molar-refractivity contribution in [1.82, 2.24) is 10.6 Å². The second-order valence-corrected chi connectivity index (χ2v) is 18.0. The molecule has 0 bridgehead atoms. The first-order chi connectivity index (χ1) is 31.0. The minimum atomic E-state index is -0.754. The maximum absolute atomic E-state index is 12.5. The molecule has 0 fully saturated rings. The molecule has 64 heavy (non-hydrogen) atoms. The van der Waals surface area contributed by atoms with E-state index in [1.165, 1.54) is 0 Å². The van der Waals surface area contributed by atoms with Crippen LogP contribution in [0.2, 0.25) is 0 Å². The molecule has 0 saturated carbocycles. The molecule has 0 spiro atoms. The van der Waals surface area contributed by atoms with Gasteiger partial charge in [-0.1, -0.05) is 136 Å². The van der Waals surface area contributed by atoms with Gasteiger partial charge in [0.25, 0.3) is 5.91 Å². The van der Waals surface area contributed by atoms with E-state index in [1.807, 2.05) is 130 Å². The lowest BCUT2D eigenvalue weighted by molar-refractivity contribution is -0.684. The second kappa shape index (κ2) is 31.2. The van der Waals surface area contributed by atoms with E-state index in [9.17, 15) is 30.0 Å². The van der Waals surface area contributed by atoms with Crippen LogP contribution in [-0.2, 0) is 16.1 Å². The predicted molar refractivity (Wildman–Crippen MR) is 269 cm³/mol. The Balaban J connectivity index is 1.30. The fourth-order valence-corrected chi connectivity index (χ4v) is 8.40. The Hall–Kier alpha value is -4.70. The Kier molecular flexibility index (Phi) is 26.2. The molecular formula is C50H71N6O6S2+. The van der Waals surface area contributed by atoms with Gasteiger partial charge in [0.05, 0.1) is 0 Å². The highest BCUT2D eigenvalue weighted by molar-refractivity contribution is 8.76. The Morgan fingerprint density at radius 3 is 1.52 bits per heavy atom. The first-order valence-electron chi connectivity index (χ1n) is 22.5. The molecule has 2 aromatic carbocycles. The Labute approximate surface area is 389 Å². The third-order valence-electron chi connectivity index (χ3n) is 9.98. The molecule has 14 heteroatoms. The van der Waals surface area contributed by atoms with Gasteiger partial charge in [-0.15, -0.1) is 0 Å². The van der Waals surface area contributed by atoms with Crippen LogP contribution in [0.25, 0.3) is 18.2 Å². The van der Waals surface area contributed by atoms with Crippen LogP contribution in [0.15, 0.2) is 108 Å². The second-order valence-electron chi connectivity index (χ2n) is 15.2. The van der Waals surface area contributed by atoms with Crippen molar-refractivity contribution >= 4 is 69.2 Å². The van der Waals surface area contributed by atoms with Crippen LogP contribution in [0, 0.1) is 0 Å². The first kappa shape index (κ1) is 53.6. The number of nitrogens with one attached hydrogen (secondary N) is 2. The highest BCUT2D eigenvalue weighted by atomic mass is 33.1. The largest absolute Gasteiger partial charge is 0.374 e. The van der Waals surface area contributed by atoms with Crippen LogP contribution in [0.5, 0.6) is 0 Å². The zero-order valence-corrected chi connectivity index (χ0v) is 39.7. The van der Waals surface area contributed by atoms with Gasteiger partial charge in [-0.25, -0.2) is 0 Å². The van der Waals surface area contributed by atoms with Crippen LogP contribution in [0.4, 0.5) is 11.4 Å². The summed E-state index contributed by atoms with van der Waals surface area (Å²) < 4.78 is 1.83. The monoisotopic (exact) mass is 915 g/mol. The molecule has 0 radical (unpaired) electrons. The third kappa shape index (κ3) is 20.0. The van der Waals surface area contributed by atoms with Crippen molar-refractivity contribution < 1.29 is 34.6 Å². The van der Waals surface area contributed by atoms with Crippen molar-refractivity contribution in [2.24, 2.45) is 4.99 Å². The summed E-state index contributed by atoms with van der Waals surface area (Å²) in [5, 5.41) is 48.5. The third-order valence-corrected chi connectivity index (χ3v) is 12.4. The summed E-state index contributed by atoms with van der Waals surface area (Å²) in [6.45, 7) is 13.2. The van der Waals surface area contributed by atoms with Crippen molar-refractivity contribution in [3.8, 4) is 0 Å². The van der Waals surface area contributed by atoms with Gasteiger partial charge in [0.1, 0.15) is 31.5 Å². The lowest BCUT2D eigenvalue weighted by atomic mass is 10.1.